The summed E-state index contributed by atoms with van der Waals surface area (Å²) in [6, 6.07) is 7.76. The van der Waals surface area contributed by atoms with Gasteiger partial charge in [0, 0.05) is 37.1 Å². The Kier molecular flexibility index (Phi) is 5.21. The molecule has 0 N–H and O–H groups in total. The molecule has 2 aliphatic rings. The van der Waals surface area contributed by atoms with Gasteiger partial charge in [0.2, 0.25) is 11.8 Å². The van der Waals surface area contributed by atoms with Crippen LogP contribution in [0.3, 0.4) is 0 Å². The van der Waals surface area contributed by atoms with E-state index in [2.05, 4.69) is 0 Å². The monoisotopic (exact) mass is 334 g/mol. The van der Waals surface area contributed by atoms with Crippen molar-refractivity contribution in [1.82, 2.24) is 9.80 Å². The Labute approximate surface area is 142 Å². The Balaban J connectivity index is 1.51. The molecule has 23 heavy (non-hydrogen) atoms. The predicted octanol–water partition coefficient (Wildman–Crippen LogP) is 2.89. The number of carbonyl (C=O) groups excluding carboxylic acids is 2. The second kappa shape index (κ2) is 7.35. The highest BCUT2D eigenvalue weighted by molar-refractivity contribution is 6.30. The number of nitrogens with zero attached hydrogens (tertiary/aromatic N) is 2. The molecule has 2 amide bonds. The van der Waals surface area contributed by atoms with Gasteiger partial charge in [-0.05, 0) is 43.4 Å². The average Bonchev–Trinajstić information content (AvgIpc) is 2.57. The lowest BCUT2D eigenvalue weighted by molar-refractivity contribution is -0.138. The Morgan fingerprint density at radius 1 is 1.09 bits per heavy atom. The minimum Gasteiger partial charge on any atom is -0.342 e. The van der Waals surface area contributed by atoms with Crippen molar-refractivity contribution in [3.63, 3.8) is 0 Å². The third kappa shape index (κ3) is 4.05. The summed E-state index contributed by atoms with van der Waals surface area (Å²) in [7, 11) is 0. The van der Waals surface area contributed by atoms with Gasteiger partial charge < -0.3 is 9.80 Å². The van der Waals surface area contributed by atoms with Gasteiger partial charge in [-0.2, -0.15) is 0 Å². The minimum atomic E-state index is 0.163. The maximum atomic E-state index is 12.4. The Hall–Kier alpha value is -1.55. The first-order valence-corrected chi connectivity index (χ1v) is 8.83. The molecular formula is C18H23ClN2O2. The zero-order valence-corrected chi connectivity index (χ0v) is 14.1. The highest BCUT2D eigenvalue weighted by Gasteiger charge is 2.30. The molecule has 0 radical (unpaired) electrons. The third-order valence-electron chi connectivity index (χ3n) is 4.89. The van der Waals surface area contributed by atoms with E-state index in [0.29, 0.717) is 29.8 Å². The predicted molar refractivity (Wildman–Crippen MR) is 90.3 cm³/mol. The van der Waals surface area contributed by atoms with E-state index in [1.54, 1.807) is 0 Å². The number of hydrogen-bond donors (Lipinski definition) is 0. The molecule has 1 aromatic carbocycles. The van der Waals surface area contributed by atoms with Crippen LogP contribution >= 0.6 is 11.6 Å². The van der Waals surface area contributed by atoms with E-state index in [0.717, 1.165) is 50.9 Å². The number of amides is 2. The molecule has 0 aromatic heterocycles. The maximum Gasteiger partial charge on any atom is 0.226 e. The average molecular weight is 335 g/mol. The van der Waals surface area contributed by atoms with Crippen molar-refractivity contribution in [1.29, 1.82) is 0 Å². The molecule has 2 heterocycles. The van der Waals surface area contributed by atoms with Gasteiger partial charge in [0.05, 0.1) is 6.42 Å². The van der Waals surface area contributed by atoms with Crippen LogP contribution < -0.4 is 0 Å². The molecule has 0 atom stereocenters. The summed E-state index contributed by atoms with van der Waals surface area (Å²) in [6.07, 6.45) is 5.05. The summed E-state index contributed by atoms with van der Waals surface area (Å²) >= 11 is 5.87. The third-order valence-corrected chi connectivity index (χ3v) is 5.14. The van der Waals surface area contributed by atoms with Crippen molar-refractivity contribution >= 4 is 23.4 Å². The molecule has 1 aromatic rings. The number of carbonyl (C=O) groups is 2. The number of likely N-dealkylation sites (tertiary alicyclic amines) is 2. The van der Waals surface area contributed by atoms with Crippen LogP contribution in [0.25, 0.3) is 0 Å². The second-order valence-corrected chi connectivity index (χ2v) is 6.90. The van der Waals surface area contributed by atoms with Crippen LogP contribution in [0.1, 0.15) is 37.7 Å². The number of piperidine rings is 2. The summed E-state index contributed by atoms with van der Waals surface area (Å²) in [4.78, 5) is 28.4. The molecule has 3 rings (SSSR count). The SMILES string of the molecule is O=C(Cc1ccc(Cl)cc1)N1CCC(N2CCCCC2=O)CC1. The molecule has 0 aliphatic carbocycles. The van der Waals surface area contributed by atoms with Gasteiger partial charge in [-0.1, -0.05) is 23.7 Å². The van der Waals surface area contributed by atoms with Crippen molar-refractivity contribution in [2.24, 2.45) is 0 Å². The lowest BCUT2D eigenvalue weighted by Gasteiger charge is -2.40. The fourth-order valence-electron chi connectivity index (χ4n) is 3.53. The van der Waals surface area contributed by atoms with E-state index in [1.807, 2.05) is 34.1 Å². The fraction of sp³-hybridized carbons (Fsp3) is 0.556. The van der Waals surface area contributed by atoms with Crippen molar-refractivity contribution < 1.29 is 9.59 Å². The van der Waals surface area contributed by atoms with Gasteiger partial charge in [0.1, 0.15) is 0 Å². The molecule has 124 valence electrons. The van der Waals surface area contributed by atoms with Crippen LogP contribution in [0.4, 0.5) is 0 Å². The summed E-state index contributed by atoms with van der Waals surface area (Å²) < 4.78 is 0. The Morgan fingerprint density at radius 3 is 2.43 bits per heavy atom. The molecule has 2 aliphatic heterocycles. The van der Waals surface area contributed by atoms with Crippen molar-refractivity contribution in [2.75, 3.05) is 19.6 Å². The Bertz CT molecular complexity index is 565. The highest BCUT2D eigenvalue weighted by atomic mass is 35.5. The molecule has 0 spiro atoms. The second-order valence-electron chi connectivity index (χ2n) is 6.46. The molecule has 4 nitrogen and oxygen atoms in total. The summed E-state index contributed by atoms with van der Waals surface area (Å²) in [5.74, 6) is 0.456. The molecule has 0 saturated carbocycles. The first-order chi connectivity index (χ1) is 11.1. The summed E-state index contributed by atoms with van der Waals surface area (Å²) in [5.41, 5.74) is 0.993. The zero-order valence-electron chi connectivity index (χ0n) is 13.3. The van der Waals surface area contributed by atoms with Crippen LogP contribution in [0, 0.1) is 0 Å². The lowest BCUT2D eigenvalue weighted by atomic mass is 9.99. The molecule has 0 bridgehead atoms. The largest absolute Gasteiger partial charge is 0.342 e. The number of halogens is 1. The van der Waals surface area contributed by atoms with Gasteiger partial charge in [-0.15, -0.1) is 0 Å². The Morgan fingerprint density at radius 2 is 1.78 bits per heavy atom. The van der Waals surface area contributed by atoms with Gasteiger partial charge in [-0.3, -0.25) is 9.59 Å². The number of rotatable bonds is 3. The van der Waals surface area contributed by atoms with E-state index >= 15 is 0 Å². The van der Waals surface area contributed by atoms with Gasteiger partial charge in [0.15, 0.2) is 0 Å². The van der Waals surface area contributed by atoms with Crippen LogP contribution in [0.2, 0.25) is 5.02 Å². The van der Waals surface area contributed by atoms with Crippen molar-refractivity contribution in [3.8, 4) is 0 Å². The van der Waals surface area contributed by atoms with Crippen molar-refractivity contribution in [2.45, 2.75) is 44.6 Å². The normalized spacial score (nSPS) is 20.0. The van der Waals surface area contributed by atoms with E-state index in [9.17, 15) is 9.59 Å². The molecule has 5 heteroatoms. The summed E-state index contributed by atoms with van der Waals surface area (Å²) in [5, 5.41) is 0.688. The van der Waals surface area contributed by atoms with Gasteiger partial charge >= 0.3 is 0 Å². The minimum absolute atomic E-state index is 0.163. The van der Waals surface area contributed by atoms with E-state index < -0.39 is 0 Å². The van der Waals surface area contributed by atoms with Gasteiger partial charge in [-0.25, -0.2) is 0 Å². The molecule has 2 saturated heterocycles. The van der Waals surface area contributed by atoms with Crippen LogP contribution in [0.15, 0.2) is 24.3 Å². The first kappa shape index (κ1) is 16.3. The van der Waals surface area contributed by atoms with E-state index in [-0.39, 0.29) is 5.91 Å². The van der Waals surface area contributed by atoms with Crippen LogP contribution in [-0.4, -0.2) is 47.3 Å². The van der Waals surface area contributed by atoms with Crippen LogP contribution in [-0.2, 0) is 16.0 Å². The maximum absolute atomic E-state index is 12.4. The topological polar surface area (TPSA) is 40.6 Å². The first-order valence-electron chi connectivity index (χ1n) is 8.45. The van der Waals surface area contributed by atoms with Crippen molar-refractivity contribution in [3.05, 3.63) is 34.9 Å². The highest BCUT2D eigenvalue weighted by Crippen LogP contribution is 2.22. The smallest absolute Gasteiger partial charge is 0.226 e. The van der Waals surface area contributed by atoms with E-state index in [4.69, 9.17) is 11.6 Å². The number of benzene rings is 1. The number of hydrogen-bond acceptors (Lipinski definition) is 2. The summed E-state index contributed by atoms with van der Waals surface area (Å²) in [6.45, 7) is 2.39. The molecule has 2 fully saturated rings. The van der Waals surface area contributed by atoms with E-state index in [1.165, 1.54) is 0 Å². The lowest BCUT2D eigenvalue weighted by Crippen LogP contribution is -2.50. The standard InChI is InChI=1S/C18H23ClN2O2/c19-15-6-4-14(5-7-15)13-18(23)20-11-8-16(9-12-20)21-10-2-1-3-17(21)22/h4-7,16H,1-3,8-13H2. The fourth-order valence-corrected chi connectivity index (χ4v) is 3.65. The van der Waals surface area contributed by atoms with Gasteiger partial charge in [0.25, 0.3) is 0 Å². The zero-order chi connectivity index (χ0) is 16.2. The molecular weight excluding hydrogens is 312 g/mol. The molecule has 0 unspecified atom stereocenters. The van der Waals surface area contributed by atoms with Crippen LogP contribution in [0.5, 0.6) is 0 Å². The quantitative estimate of drug-likeness (QED) is 0.852.